The van der Waals surface area contributed by atoms with Gasteiger partial charge in [-0.1, -0.05) is 36.4 Å². The zero-order valence-corrected chi connectivity index (χ0v) is 17.9. The third-order valence-electron chi connectivity index (χ3n) is 5.13. The summed E-state index contributed by atoms with van der Waals surface area (Å²) in [6.07, 6.45) is 1.39. The minimum Gasteiger partial charge on any atom is -0.488 e. The van der Waals surface area contributed by atoms with E-state index in [9.17, 15) is 9.59 Å². The van der Waals surface area contributed by atoms with E-state index in [-0.39, 0.29) is 12.0 Å². The third kappa shape index (κ3) is 5.75. The van der Waals surface area contributed by atoms with E-state index in [1.165, 1.54) is 0 Å². The van der Waals surface area contributed by atoms with Gasteiger partial charge in [-0.15, -0.1) is 0 Å². The van der Waals surface area contributed by atoms with E-state index in [0.29, 0.717) is 31.0 Å². The van der Waals surface area contributed by atoms with Gasteiger partial charge in [-0.25, -0.2) is 4.79 Å². The molecule has 6 nitrogen and oxygen atoms in total. The van der Waals surface area contributed by atoms with E-state index in [4.69, 9.17) is 15.2 Å². The van der Waals surface area contributed by atoms with Gasteiger partial charge in [0.1, 0.15) is 18.0 Å². The molecule has 160 valence electrons. The number of hydrogen-bond donors (Lipinski definition) is 1. The lowest BCUT2D eigenvalue weighted by molar-refractivity contribution is 0.0204. The molecule has 1 aliphatic heterocycles. The average molecular weight is 411 g/mol. The van der Waals surface area contributed by atoms with Crippen molar-refractivity contribution in [3.8, 4) is 5.75 Å². The summed E-state index contributed by atoms with van der Waals surface area (Å²) in [5.41, 5.74) is 7.52. The topological polar surface area (TPSA) is 81.9 Å². The first-order valence-electron chi connectivity index (χ1n) is 10.3. The molecule has 30 heavy (non-hydrogen) atoms. The summed E-state index contributed by atoms with van der Waals surface area (Å²) in [4.78, 5) is 25.9. The minimum absolute atomic E-state index is 0.267. The summed E-state index contributed by atoms with van der Waals surface area (Å²) in [5.74, 6) is 0.271. The van der Waals surface area contributed by atoms with E-state index in [1.807, 2.05) is 63.2 Å². The van der Waals surface area contributed by atoms with Gasteiger partial charge in [-0.3, -0.25) is 4.79 Å². The lowest BCUT2D eigenvalue weighted by atomic mass is 9.88. The zero-order chi connectivity index (χ0) is 21.7. The predicted octanol–water partition coefficient (Wildman–Crippen LogP) is 4.48. The molecule has 3 rings (SSSR count). The molecule has 2 N–H and O–H groups in total. The highest BCUT2D eigenvalue weighted by molar-refractivity contribution is 5.95. The molecule has 2 amide bonds. The number of carbonyl (C=O) groups is 2. The second kappa shape index (κ2) is 9.20. The highest BCUT2D eigenvalue weighted by Gasteiger charge is 2.28. The fraction of sp³-hybridized carbons (Fsp3) is 0.417. The number of likely N-dealkylation sites (tertiary alicyclic amines) is 1. The molecule has 0 atom stereocenters. The Morgan fingerprint density at radius 3 is 2.33 bits per heavy atom. The summed E-state index contributed by atoms with van der Waals surface area (Å²) in [5, 5.41) is 0. The van der Waals surface area contributed by atoms with Gasteiger partial charge in [-0.05, 0) is 62.8 Å². The third-order valence-corrected chi connectivity index (χ3v) is 5.13. The molecule has 2 aromatic rings. The lowest BCUT2D eigenvalue weighted by Crippen LogP contribution is -2.41. The number of nitrogens with two attached hydrogens (primary N) is 1. The summed E-state index contributed by atoms with van der Waals surface area (Å²) in [7, 11) is 0. The Morgan fingerprint density at radius 2 is 1.73 bits per heavy atom. The molecular weight excluding hydrogens is 380 g/mol. The number of rotatable bonds is 5. The van der Waals surface area contributed by atoms with Crippen molar-refractivity contribution in [2.45, 2.75) is 51.7 Å². The van der Waals surface area contributed by atoms with E-state index in [1.54, 1.807) is 11.0 Å². The van der Waals surface area contributed by atoms with Crippen LogP contribution in [0.2, 0.25) is 0 Å². The average Bonchev–Trinajstić information content (AvgIpc) is 2.71. The van der Waals surface area contributed by atoms with Crippen molar-refractivity contribution >= 4 is 12.0 Å². The Morgan fingerprint density at radius 1 is 1.07 bits per heavy atom. The zero-order valence-electron chi connectivity index (χ0n) is 17.9. The van der Waals surface area contributed by atoms with Gasteiger partial charge in [0, 0.05) is 13.1 Å². The molecule has 0 aromatic heterocycles. The highest BCUT2D eigenvalue weighted by Crippen LogP contribution is 2.32. The van der Waals surface area contributed by atoms with Crippen LogP contribution in [0.3, 0.4) is 0 Å². The van der Waals surface area contributed by atoms with Gasteiger partial charge in [0.15, 0.2) is 0 Å². The summed E-state index contributed by atoms with van der Waals surface area (Å²) < 4.78 is 11.4. The van der Waals surface area contributed by atoms with Gasteiger partial charge in [0.05, 0.1) is 5.56 Å². The molecule has 1 aliphatic rings. The van der Waals surface area contributed by atoms with Crippen LogP contribution in [0.25, 0.3) is 0 Å². The molecule has 0 saturated carbocycles. The van der Waals surface area contributed by atoms with Crippen molar-refractivity contribution in [1.29, 1.82) is 0 Å². The van der Waals surface area contributed by atoms with Crippen LogP contribution in [0.4, 0.5) is 4.79 Å². The molecule has 0 bridgehead atoms. The fourth-order valence-electron chi connectivity index (χ4n) is 3.57. The quantitative estimate of drug-likeness (QED) is 0.788. The fourth-order valence-corrected chi connectivity index (χ4v) is 3.57. The number of benzene rings is 2. The van der Waals surface area contributed by atoms with E-state index in [2.05, 4.69) is 0 Å². The molecule has 2 aromatic carbocycles. The molecule has 0 spiro atoms. The van der Waals surface area contributed by atoms with Crippen molar-refractivity contribution in [3.63, 3.8) is 0 Å². The number of amides is 2. The van der Waals surface area contributed by atoms with Crippen LogP contribution in [0.1, 0.15) is 61.0 Å². The second-order valence-electron chi connectivity index (χ2n) is 8.64. The Balaban J connectivity index is 1.68. The first-order chi connectivity index (χ1) is 14.2. The van der Waals surface area contributed by atoms with E-state index >= 15 is 0 Å². The molecule has 6 heteroatoms. The number of ether oxygens (including phenoxy) is 2. The molecule has 0 aliphatic carbocycles. The summed E-state index contributed by atoms with van der Waals surface area (Å²) in [6.45, 7) is 7.25. The number of primary amides is 1. The SMILES string of the molecule is CC(C)(C)OC(=O)N1CCC(c2ccc(C(N)=O)c(OCc3ccccc3)c2)CC1. The number of nitrogens with zero attached hydrogens (tertiary/aromatic N) is 1. The molecular formula is C24H30N2O4. The van der Waals surface area contributed by atoms with Gasteiger partial charge >= 0.3 is 6.09 Å². The van der Waals surface area contributed by atoms with Crippen LogP contribution in [0.5, 0.6) is 5.75 Å². The molecule has 1 heterocycles. The van der Waals surface area contributed by atoms with Gasteiger partial charge < -0.3 is 20.1 Å². The highest BCUT2D eigenvalue weighted by atomic mass is 16.6. The van der Waals surface area contributed by atoms with Crippen LogP contribution < -0.4 is 10.5 Å². The van der Waals surface area contributed by atoms with Gasteiger partial charge in [0.2, 0.25) is 0 Å². The maximum atomic E-state index is 12.3. The van der Waals surface area contributed by atoms with Crippen molar-refractivity contribution < 1.29 is 19.1 Å². The second-order valence-corrected chi connectivity index (χ2v) is 8.64. The Hall–Kier alpha value is -3.02. The summed E-state index contributed by atoms with van der Waals surface area (Å²) in [6, 6.07) is 15.4. The van der Waals surface area contributed by atoms with Crippen LogP contribution >= 0.6 is 0 Å². The van der Waals surface area contributed by atoms with Gasteiger partial charge in [-0.2, -0.15) is 0 Å². The molecule has 0 radical (unpaired) electrons. The van der Waals surface area contributed by atoms with Gasteiger partial charge in [0.25, 0.3) is 5.91 Å². The van der Waals surface area contributed by atoms with Crippen molar-refractivity contribution in [2.24, 2.45) is 5.73 Å². The Bertz CT molecular complexity index is 882. The number of hydrogen-bond acceptors (Lipinski definition) is 4. The largest absolute Gasteiger partial charge is 0.488 e. The number of carbonyl (C=O) groups excluding carboxylic acids is 2. The smallest absolute Gasteiger partial charge is 0.410 e. The van der Waals surface area contributed by atoms with Crippen LogP contribution in [-0.2, 0) is 11.3 Å². The molecule has 0 unspecified atom stereocenters. The first-order valence-corrected chi connectivity index (χ1v) is 10.3. The standard InChI is InChI=1S/C24H30N2O4/c1-24(2,3)30-23(28)26-13-11-18(12-14-26)19-9-10-20(22(25)27)21(15-19)29-16-17-7-5-4-6-8-17/h4-10,15,18H,11-14,16H2,1-3H3,(H2,25,27). The van der Waals surface area contributed by atoms with E-state index in [0.717, 1.165) is 24.0 Å². The maximum absolute atomic E-state index is 12.3. The minimum atomic E-state index is -0.510. The predicted molar refractivity (Wildman–Crippen MR) is 116 cm³/mol. The summed E-state index contributed by atoms with van der Waals surface area (Å²) >= 11 is 0. The van der Waals surface area contributed by atoms with Crippen LogP contribution in [-0.4, -0.2) is 35.6 Å². The normalized spacial score (nSPS) is 15.0. The molecule has 1 fully saturated rings. The van der Waals surface area contributed by atoms with Crippen molar-refractivity contribution in [3.05, 3.63) is 65.2 Å². The van der Waals surface area contributed by atoms with Crippen LogP contribution in [0, 0.1) is 0 Å². The van der Waals surface area contributed by atoms with Crippen LogP contribution in [0.15, 0.2) is 48.5 Å². The monoisotopic (exact) mass is 410 g/mol. The number of piperidine rings is 1. The van der Waals surface area contributed by atoms with E-state index < -0.39 is 11.5 Å². The lowest BCUT2D eigenvalue weighted by Gasteiger charge is -2.33. The van der Waals surface area contributed by atoms with Crippen molar-refractivity contribution in [1.82, 2.24) is 4.90 Å². The Labute approximate surface area is 178 Å². The first kappa shape index (κ1) is 21.7. The molecule has 1 saturated heterocycles. The Kier molecular flexibility index (Phi) is 6.65. The maximum Gasteiger partial charge on any atom is 0.410 e. The van der Waals surface area contributed by atoms with Crippen molar-refractivity contribution in [2.75, 3.05) is 13.1 Å².